The van der Waals surface area contributed by atoms with Gasteiger partial charge in [-0.25, -0.2) is 9.67 Å². The van der Waals surface area contributed by atoms with Gasteiger partial charge in [0.1, 0.15) is 5.82 Å². The van der Waals surface area contributed by atoms with Crippen molar-refractivity contribution in [2.75, 3.05) is 6.54 Å². The highest BCUT2D eigenvalue weighted by molar-refractivity contribution is 4.92. The van der Waals surface area contributed by atoms with Crippen LogP contribution in [0.3, 0.4) is 0 Å². The molecule has 0 amide bonds. The fraction of sp³-hybridized carbons (Fsp3) is 0.846. The molecule has 0 aromatic carbocycles. The van der Waals surface area contributed by atoms with Crippen LogP contribution in [0.1, 0.15) is 51.7 Å². The Morgan fingerprint density at radius 1 is 1.28 bits per heavy atom. The van der Waals surface area contributed by atoms with Crippen LogP contribution in [0.4, 0.5) is 0 Å². The zero-order valence-electron chi connectivity index (χ0n) is 11.8. The summed E-state index contributed by atoms with van der Waals surface area (Å²) in [5, 5.41) is 14.3. The topological polar surface area (TPSA) is 77.0 Å². The predicted molar refractivity (Wildman–Crippen MR) is 72.3 cm³/mol. The molecule has 0 saturated heterocycles. The van der Waals surface area contributed by atoms with Crippen molar-refractivity contribution in [3.63, 3.8) is 0 Å². The molecule has 1 unspecified atom stereocenters. The Labute approximate surface area is 109 Å². The number of unbranched alkanes of at least 4 members (excludes halogenated alkanes) is 1. The van der Waals surface area contributed by atoms with Gasteiger partial charge in [-0.2, -0.15) is 5.10 Å². The average molecular weight is 254 g/mol. The first-order valence-corrected chi connectivity index (χ1v) is 6.87. The Morgan fingerprint density at radius 2 is 2.00 bits per heavy atom. The molecule has 0 aliphatic heterocycles. The highest BCUT2D eigenvalue weighted by atomic mass is 16.3. The minimum absolute atomic E-state index is 0.316. The van der Waals surface area contributed by atoms with E-state index >= 15 is 0 Å². The van der Waals surface area contributed by atoms with Crippen molar-refractivity contribution in [2.24, 2.45) is 5.73 Å². The molecule has 104 valence electrons. The predicted octanol–water partition coefficient (Wildman–Crippen LogP) is 1.28. The fourth-order valence-corrected chi connectivity index (χ4v) is 1.89. The summed E-state index contributed by atoms with van der Waals surface area (Å²) in [4.78, 5) is 4.47. The Balaban J connectivity index is 2.41. The van der Waals surface area contributed by atoms with Crippen LogP contribution in [0.5, 0.6) is 0 Å². The quantitative estimate of drug-likeness (QED) is 0.685. The van der Waals surface area contributed by atoms with Gasteiger partial charge in [-0.05, 0) is 26.2 Å². The summed E-state index contributed by atoms with van der Waals surface area (Å²) in [7, 11) is 0. The highest BCUT2D eigenvalue weighted by Gasteiger charge is 2.17. The minimum Gasteiger partial charge on any atom is -0.389 e. The van der Waals surface area contributed by atoms with Crippen molar-refractivity contribution in [2.45, 2.75) is 65.0 Å². The van der Waals surface area contributed by atoms with Gasteiger partial charge in [-0.1, -0.05) is 13.8 Å². The van der Waals surface area contributed by atoms with Gasteiger partial charge >= 0.3 is 0 Å². The van der Waals surface area contributed by atoms with E-state index in [1.54, 1.807) is 6.92 Å². The molecule has 0 aliphatic rings. The van der Waals surface area contributed by atoms with Gasteiger partial charge in [0.2, 0.25) is 0 Å². The third kappa shape index (κ3) is 4.38. The van der Waals surface area contributed by atoms with Gasteiger partial charge in [-0.3, -0.25) is 0 Å². The summed E-state index contributed by atoms with van der Waals surface area (Å²) in [6, 6.07) is 0. The van der Waals surface area contributed by atoms with Crippen molar-refractivity contribution >= 4 is 0 Å². The lowest BCUT2D eigenvalue weighted by Crippen LogP contribution is -2.33. The minimum atomic E-state index is -0.732. The molecule has 0 radical (unpaired) electrons. The van der Waals surface area contributed by atoms with Crippen molar-refractivity contribution in [1.82, 2.24) is 14.8 Å². The van der Waals surface area contributed by atoms with Crippen LogP contribution in [0.25, 0.3) is 0 Å². The Morgan fingerprint density at radius 3 is 2.56 bits per heavy atom. The van der Waals surface area contributed by atoms with Crippen LogP contribution in [-0.4, -0.2) is 32.0 Å². The molecule has 0 bridgehead atoms. The van der Waals surface area contributed by atoms with E-state index < -0.39 is 5.60 Å². The SMILES string of the molecule is CCc1nc(CC)n(CCCCC(C)(O)CN)n1. The standard InChI is InChI=1S/C13H26N4O/c1-4-11-15-12(5-2)17(16-11)9-7-6-8-13(3,18)10-14/h18H,4-10,14H2,1-3H3. The molecule has 0 fully saturated rings. The first kappa shape index (κ1) is 15.1. The van der Waals surface area contributed by atoms with Crippen molar-refractivity contribution in [3.05, 3.63) is 11.6 Å². The molecule has 1 atom stereocenters. The molecule has 18 heavy (non-hydrogen) atoms. The monoisotopic (exact) mass is 254 g/mol. The van der Waals surface area contributed by atoms with E-state index in [1.807, 2.05) is 4.68 Å². The molecule has 0 aliphatic carbocycles. The van der Waals surface area contributed by atoms with Crippen LogP contribution in [-0.2, 0) is 19.4 Å². The first-order chi connectivity index (χ1) is 8.52. The van der Waals surface area contributed by atoms with Crippen molar-refractivity contribution in [3.8, 4) is 0 Å². The molecule has 1 aromatic rings. The maximum atomic E-state index is 9.80. The summed E-state index contributed by atoms with van der Waals surface area (Å²) >= 11 is 0. The van der Waals surface area contributed by atoms with E-state index in [1.165, 1.54) is 0 Å². The molecule has 5 heteroatoms. The van der Waals surface area contributed by atoms with E-state index in [0.717, 1.165) is 50.3 Å². The molecule has 3 N–H and O–H groups in total. The second-order valence-electron chi connectivity index (χ2n) is 5.03. The van der Waals surface area contributed by atoms with Gasteiger partial charge < -0.3 is 10.8 Å². The molecule has 0 saturated carbocycles. The molecule has 1 rings (SSSR count). The van der Waals surface area contributed by atoms with Crippen molar-refractivity contribution in [1.29, 1.82) is 0 Å². The number of hydrogen-bond acceptors (Lipinski definition) is 4. The van der Waals surface area contributed by atoms with Gasteiger partial charge in [0, 0.05) is 25.9 Å². The highest BCUT2D eigenvalue weighted by Crippen LogP contribution is 2.12. The lowest BCUT2D eigenvalue weighted by Gasteiger charge is -2.20. The summed E-state index contributed by atoms with van der Waals surface area (Å²) in [6.45, 7) is 7.14. The lowest BCUT2D eigenvalue weighted by atomic mass is 9.99. The van der Waals surface area contributed by atoms with Crippen molar-refractivity contribution < 1.29 is 5.11 Å². The number of aliphatic hydroxyl groups is 1. The van der Waals surface area contributed by atoms with Gasteiger partial charge in [-0.15, -0.1) is 0 Å². The van der Waals surface area contributed by atoms with E-state index in [4.69, 9.17) is 5.73 Å². The van der Waals surface area contributed by atoms with Crippen LogP contribution in [0, 0.1) is 0 Å². The maximum Gasteiger partial charge on any atom is 0.150 e. The Hall–Kier alpha value is -0.940. The number of aryl methyl sites for hydroxylation is 3. The zero-order valence-corrected chi connectivity index (χ0v) is 11.8. The average Bonchev–Trinajstić information content (AvgIpc) is 2.77. The third-order valence-electron chi connectivity index (χ3n) is 3.20. The Bertz CT molecular complexity index is 360. The normalized spacial score (nSPS) is 14.7. The summed E-state index contributed by atoms with van der Waals surface area (Å²) in [5.74, 6) is 1.97. The number of nitrogens with two attached hydrogens (primary N) is 1. The van der Waals surface area contributed by atoms with E-state index in [0.29, 0.717) is 6.54 Å². The number of nitrogens with zero attached hydrogens (tertiary/aromatic N) is 3. The molecule has 1 aromatic heterocycles. The van der Waals surface area contributed by atoms with E-state index in [9.17, 15) is 5.11 Å². The summed E-state index contributed by atoms with van der Waals surface area (Å²) in [5.41, 5.74) is 4.76. The molecule has 1 heterocycles. The van der Waals surface area contributed by atoms with Crippen LogP contribution in [0.15, 0.2) is 0 Å². The number of aromatic nitrogens is 3. The number of hydrogen-bond donors (Lipinski definition) is 2. The summed E-state index contributed by atoms with van der Waals surface area (Å²) in [6.07, 6.45) is 4.47. The molecule has 5 nitrogen and oxygen atoms in total. The van der Waals surface area contributed by atoms with Gasteiger partial charge in [0.05, 0.1) is 5.60 Å². The Kier molecular flexibility index (Phi) is 5.75. The van der Waals surface area contributed by atoms with Crippen LogP contribution < -0.4 is 5.73 Å². The molecular weight excluding hydrogens is 228 g/mol. The second-order valence-corrected chi connectivity index (χ2v) is 5.03. The first-order valence-electron chi connectivity index (χ1n) is 6.87. The van der Waals surface area contributed by atoms with Crippen LogP contribution in [0.2, 0.25) is 0 Å². The molecule has 0 spiro atoms. The van der Waals surface area contributed by atoms with E-state index in [2.05, 4.69) is 23.9 Å². The summed E-state index contributed by atoms with van der Waals surface area (Å²) < 4.78 is 2.00. The fourth-order valence-electron chi connectivity index (χ4n) is 1.89. The molecular formula is C13H26N4O. The lowest BCUT2D eigenvalue weighted by molar-refractivity contribution is 0.0569. The van der Waals surface area contributed by atoms with Gasteiger partial charge in [0.15, 0.2) is 5.82 Å². The largest absolute Gasteiger partial charge is 0.389 e. The third-order valence-corrected chi connectivity index (χ3v) is 3.20. The zero-order chi connectivity index (χ0) is 13.6. The van der Waals surface area contributed by atoms with Gasteiger partial charge in [0.25, 0.3) is 0 Å². The smallest absolute Gasteiger partial charge is 0.150 e. The maximum absolute atomic E-state index is 9.80. The van der Waals surface area contributed by atoms with Crippen LogP contribution >= 0.6 is 0 Å². The van der Waals surface area contributed by atoms with E-state index in [-0.39, 0.29) is 0 Å². The number of rotatable bonds is 8. The second kappa shape index (κ2) is 6.85.